The monoisotopic (exact) mass is 236 g/mol. The first-order chi connectivity index (χ1) is 7.83. The Balaban J connectivity index is 1.61. The zero-order chi connectivity index (χ0) is 11.0. The summed E-state index contributed by atoms with van der Waals surface area (Å²) in [5.74, 6) is 1.08. The van der Waals surface area contributed by atoms with Crippen LogP contribution in [0.3, 0.4) is 0 Å². The van der Waals surface area contributed by atoms with Gasteiger partial charge < -0.3 is 5.32 Å². The van der Waals surface area contributed by atoms with E-state index in [0.717, 1.165) is 18.0 Å². The average Bonchev–Trinajstić information content (AvgIpc) is 2.82. The fourth-order valence-corrected chi connectivity index (χ4v) is 3.10. The topological polar surface area (TPSA) is 42.0 Å². The van der Waals surface area contributed by atoms with E-state index in [1.165, 1.54) is 31.4 Å². The van der Waals surface area contributed by atoms with E-state index < -0.39 is 0 Å². The van der Waals surface area contributed by atoms with Crippen molar-refractivity contribution in [2.45, 2.75) is 44.4 Å². The summed E-state index contributed by atoms with van der Waals surface area (Å²) in [6.07, 6.45) is 7.02. The van der Waals surface area contributed by atoms with Gasteiger partial charge in [-0.05, 0) is 25.7 Å². The minimum Gasteiger partial charge on any atom is -0.302 e. The zero-order valence-electron chi connectivity index (χ0n) is 9.24. The van der Waals surface area contributed by atoms with Crippen LogP contribution in [0.2, 0.25) is 0 Å². The Morgan fingerprint density at radius 3 is 2.75 bits per heavy atom. The Labute approximate surface area is 99.3 Å². The molecule has 1 amide bonds. The fourth-order valence-electron chi connectivity index (χ4n) is 2.31. The molecule has 2 aliphatic carbocycles. The molecule has 4 heteroatoms. The second-order valence-corrected chi connectivity index (χ2v) is 5.68. The molecule has 1 N–H and O–H groups in total. The second-order valence-electron chi connectivity index (χ2n) is 4.82. The predicted octanol–water partition coefficient (Wildman–Crippen LogP) is 3.15. The van der Waals surface area contributed by atoms with Crippen molar-refractivity contribution in [2.24, 2.45) is 5.92 Å². The summed E-state index contributed by atoms with van der Waals surface area (Å²) in [5, 5.41) is 5.83. The lowest BCUT2D eigenvalue weighted by Crippen LogP contribution is -2.20. The van der Waals surface area contributed by atoms with Gasteiger partial charge in [-0.25, -0.2) is 4.98 Å². The van der Waals surface area contributed by atoms with E-state index in [1.807, 2.05) is 0 Å². The molecule has 0 aromatic carbocycles. The van der Waals surface area contributed by atoms with Crippen molar-refractivity contribution in [1.82, 2.24) is 4.98 Å². The van der Waals surface area contributed by atoms with Gasteiger partial charge in [0.05, 0.1) is 5.69 Å². The summed E-state index contributed by atoms with van der Waals surface area (Å²) in [6.45, 7) is 0. The summed E-state index contributed by atoms with van der Waals surface area (Å²) in [4.78, 5) is 16.3. The number of hydrogen-bond donors (Lipinski definition) is 1. The van der Waals surface area contributed by atoms with Crippen LogP contribution in [0, 0.1) is 5.92 Å². The van der Waals surface area contributed by atoms with Gasteiger partial charge in [0, 0.05) is 17.2 Å². The summed E-state index contributed by atoms with van der Waals surface area (Å²) in [6, 6.07) is 0. The Morgan fingerprint density at radius 2 is 2.06 bits per heavy atom. The normalized spacial score (nSPS) is 21.2. The number of hydrogen-bond acceptors (Lipinski definition) is 3. The van der Waals surface area contributed by atoms with E-state index in [2.05, 4.69) is 15.7 Å². The van der Waals surface area contributed by atoms with Crippen LogP contribution in [0.25, 0.3) is 0 Å². The van der Waals surface area contributed by atoms with Gasteiger partial charge in [0.2, 0.25) is 5.91 Å². The van der Waals surface area contributed by atoms with Gasteiger partial charge in [0.1, 0.15) is 0 Å². The number of carbonyl (C=O) groups excluding carboxylic acids is 1. The van der Waals surface area contributed by atoms with Gasteiger partial charge in [-0.3, -0.25) is 4.79 Å². The van der Waals surface area contributed by atoms with Crippen LogP contribution >= 0.6 is 11.3 Å². The SMILES string of the molecule is O=C(Nc1nc(C2CC2)cs1)C1CCCC1. The summed E-state index contributed by atoms with van der Waals surface area (Å²) < 4.78 is 0. The third-order valence-corrected chi connectivity index (χ3v) is 4.25. The average molecular weight is 236 g/mol. The molecule has 0 unspecified atom stereocenters. The van der Waals surface area contributed by atoms with Gasteiger partial charge in [-0.1, -0.05) is 12.8 Å². The molecule has 1 aromatic rings. The molecule has 16 heavy (non-hydrogen) atoms. The highest BCUT2D eigenvalue weighted by Gasteiger charge is 2.27. The third kappa shape index (κ3) is 2.12. The van der Waals surface area contributed by atoms with Crippen molar-refractivity contribution in [3.05, 3.63) is 11.1 Å². The summed E-state index contributed by atoms with van der Waals surface area (Å²) >= 11 is 1.56. The first kappa shape index (κ1) is 10.3. The number of carbonyl (C=O) groups is 1. The van der Waals surface area contributed by atoms with Crippen LogP contribution in [-0.4, -0.2) is 10.9 Å². The minimum atomic E-state index is 0.175. The molecule has 0 spiro atoms. The minimum absolute atomic E-state index is 0.175. The number of nitrogens with one attached hydrogen (secondary N) is 1. The van der Waals surface area contributed by atoms with Crippen molar-refractivity contribution >= 4 is 22.4 Å². The standard InChI is InChI=1S/C12H16N2OS/c15-11(9-3-1-2-4-9)14-12-13-10(7-16-12)8-5-6-8/h7-9H,1-6H2,(H,13,14,15). The molecule has 3 rings (SSSR count). The molecule has 0 aliphatic heterocycles. The molecule has 2 fully saturated rings. The highest BCUT2D eigenvalue weighted by atomic mass is 32.1. The van der Waals surface area contributed by atoms with Crippen molar-refractivity contribution in [1.29, 1.82) is 0 Å². The number of aromatic nitrogens is 1. The van der Waals surface area contributed by atoms with E-state index >= 15 is 0 Å². The molecule has 0 saturated heterocycles. The Bertz CT molecular complexity index is 391. The number of thiazole rings is 1. The maximum atomic E-state index is 11.9. The van der Waals surface area contributed by atoms with Crippen LogP contribution in [0.4, 0.5) is 5.13 Å². The van der Waals surface area contributed by atoms with E-state index in [-0.39, 0.29) is 11.8 Å². The van der Waals surface area contributed by atoms with Crippen molar-refractivity contribution in [3.63, 3.8) is 0 Å². The first-order valence-electron chi connectivity index (χ1n) is 6.09. The lowest BCUT2D eigenvalue weighted by atomic mass is 10.1. The Kier molecular flexibility index (Phi) is 2.67. The van der Waals surface area contributed by atoms with Crippen molar-refractivity contribution in [3.8, 4) is 0 Å². The molecule has 1 heterocycles. The van der Waals surface area contributed by atoms with Gasteiger partial charge in [0.15, 0.2) is 5.13 Å². The predicted molar refractivity (Wildman–Crippen MR) is 64.7 cm³/mol. The highest BCUT2D eigenvalue weighted by molar-refractivity contribution is 7.13. The third-order valence-electron chi connectivity index (χ3n) is 3.47. The Hall–Kier alpha value is -0.900. The first-order valence-corrected chi connectivity index (χ1v) is 6.97. The van der Waals surface area contributed by atoms with Gasteiger partial charge in [-0.15, -0.1) is 11.3 Å². The molecule has 2 aliphatic rings. The van der Waals surface area contributed by atoms with E-state index in [1.54, 1.807) is 11.3 Å². The maximum Gasteiger partial charge on any atom is 0.229 e. The molecule has 0 radical (unpaired) electrons. The fraction of sp³-hybridized carbons (Fsp3) is 0.667. The van der Waals surface area contributed by atoms with E-state index in [4.69, 9.17) is 0 Å². The number of rotatable bonds is 3. The van der Waals surface area contributed by atoms with Crippen LogP contribution in [0.5, 0.6) is 0 Å². The van der Waals surface area contributed by atoms with Crippen LogP contribution in [-0.2, 0) is 4.79 Å². The molecular weight excluding hydrogens is 220 g/mol. The Morgan fingerprint density at radius 1 is 1.31 bits per heavy atom. The van der Waals surface area contributed by atoms with Crippen molar-refractivity contribution in [2.75, 3.05) is 5.32 Å². The van der Waals surface area contributed by atoms with E-state index in [9.17, 15) is 4.79 Å². The quantitative estimate of drug-likeness (QED) is 0.876. The second kappa shape index (κ2) is 4.17. The molecule has 0 bridgehead atoms. The van der Waals surface area contributed by atoms with E-state index in [0.29, 0.717) is 5.92 Å². The van der Waals surface area contributed by atoms with Crippen LogP contribution in [0.1, 0.15) is 50.1 Å². The zero-order valence-corrected chi connectivity index (χ0v) is 10.1. The molecule has 86 valence electrons. The molecule has 3 nitrogen and oxygen atoms in total. The number of amides is 1. The maximum absolute atomic E-state index is 11.9. The highest BCUT2D eigenvalue weighted by Crippen LogP contribution is 2.41. The van der Waals surface area contributed by atoms with Crippen molar-refractivity contribution < 1.29 is 4.79 Å². The largest absolute Gasteiger partial charge is 0.302 e. The van der Waals surface area contributed by atoms with Gasteiger partial charge in [-0.2, -0.15) is 0 Å². The van der Waals surface area contributed by atoms with Crippen LogP contribution in [0.15, 0.2) is 5.38 Å². The lowest BCUT2D eigenvalue weighted by molar-refractivity contribution is -0.119. The summed E-state index contributed by atoms with van der Waals surface area (Å²) in [5.41, 5.74) is 1.17. The molecule has 0 atom stereocenters. The molecule has 2 saturated carbocycles. The smallest absolute Gasteiger partial charge is 0.229 e. The van der Waals surface area contributed by atoms with Crippen LogP contribution < -0.4 is 5.32 Å². The number of anilines is 1. The van der Waals surface area contributed by atoms with Gasteiger partial charge in [0.25, 0.3) is 0 Å². The number of nitrogens with zero attached hydrogens (tertiary/aromatic N) is 1. The summed E-state index contributed by atoms with van der Waals surface area (Å²) in [7, 11) is 0. The lowest BCUT2D eigenvalue weighted by Gasteiger charge is -2.07. The molecular formula is C12H16N2OS. The molecule has 1 aromatic heterocycles. The van der Waals surface area contributed by atoms with Gasteiger partial charge >= 0.3 is 0 Å².